The normalized spacial score (nSPS) is 24.5. The van der Waals surface area contributed by atoms with Crippen molar-refractivity contribution in [1.29, 1.82) is 0 Å². The number of carbonyl (C=O) groups excluding carboxylic acids is 1. The highest BCUT2D eigenvalue weighted by Crippen LogP contribution is 2.52. The van der Waals surface area contributed by atoms with Crippen molar-refractivity contribution in [2.75, 3.05) is 0 Å². The summed E-state index contributed by atoms with van der Waals surface area (Å²) in [7, 11) is 0. The van der Waals surface area contributed by atoms with Gasteiger partial charge in [0.15, 0.2) is 5.79 Å². The summed E-state index contributed by atoms with van der Waals surface area (Å²) >= 11 is 0. The Bertz CT molecular complexity index is 1400. The van der Waals surface area contributed by atoms with Gasteiger partial charge in [-0.2, -0.15) is 0 Å². The smallest absolute Gasteiger partial charge is 0.308 e. The van der Waals surface area contributed by atoms with Gasteiger partial charge >= 0.3 is 5.97 Å². The molecule has 0 amide bonds. The topological polar surface area (TPSA) is 57.7 Å². The van der Waals surface area contributed by atoms with E-state index in [0.29, 0.717) is 12.3 Å². The molecular formula is C32H36FNO4. The third-order valence-corrected chi connectivity index (χ3v) is 7.74. The highest BCUT2D eigenvalue weighted by atomic mass is 19.1. The summed E-state index contributed by atoms with van der Waals surface area (Å²) in [6.45, 7) is 9.36. The van der Waals surface area contributed by atoms with Crippen LogP contribution in [0.15, 0.2) is 42.5 Å². The number of benzene rings is 2. The Hall–Kier alpha value is -2.83. The van der Waals surface area contributed by atoms with E-state index >= 15 is 0 Å². The molecule has 2 heterocycles. The minimum Gasteiger partial charge on any atom is -0.460 e. The summed E-state index contributed by atoms with van der Waals surface area (Å²) < 4.78 is 33.0. The number of hydrogen-bond acceptors (Lipinski definition) is 5. The van der Waals surface area contributed by atoms with Crippen LogP contribution >= 0.6 is 0 Å². The second-order valence-electron chi connectivity index (χ2n) is 12.5. The molecule has 6 heteroatoms. The van der Waals surface area contributed by atoms with E-state index in [2.05, 4.69) is 12.1 Å². The lowest BCUT2D eigenvalue weighted by atomic mass is 9.73. The predicted molar refractivity (Wildman–Crippen MR) is 144 cm³/mol. The van der Waals surface area contributed by atoms with Gasteiger partial charge in [0.2, 0.25) is 0 Å². The first-order valence-electron chi connectivity index (χ1n) is 13.8. The number of halogens is 1. The molecule has 0 unspecified atom stereocenters. The van der Waals surface area contributed by atoms with E-state index in [9.17, 15) is 9.18 Å². The number of fused-ring (bicyclic) bond motifs is 5. The Morgan fingerprint density at radius 3 is 2.63 bits per heavy atom. The van der Waals surface area contributed by atoms with Crippen LogP contribution in [0, 0.1) is 5.82 Å². The first-order valence-corrected chi connectivity index (χ1v) is 13.8. The van der Waals surface area contributed by atoms with Gasteiger partial charge in [0, 0.05) is 29.3 Å². The van der Waals surface area contributed by atoms with Gasteiger partial charge in [0.25, 0.3) is 0 Å². The number of aromatic nitrogens is 1. The minimum absolute atomic E-state index is 0.0852. The lowest BCUT2D eigenvalue weighted by Crippen LogP contribution is -2.48. The van der Waals surface area contributed by atoms with Crippen molar-refractivity contribution in [2.45, 2.75) is 102 Å². The molecule has 5 nitrogen and oxygen atoms in total. The highest BCUT2D eigenvalue weighted by molar-refractivity contribution is 5.98. The summed E-state index contributed by atoms with van der Waals surface area (Å²) in [5.74, 6) is -1.04. The maximum Gasteiger partial charge on any atom is 0.308 e. The summed E-state index contributed by atoms with van der Waals surface area (Å²) in [6, 6.07) is 13.4. The van der Waals surface area contributed by atoms with E-state index in [1.165, 1.54) is 16.8 Å². The second kappa shape index (κ2) is 9.13. The van der Waals surface area contributed by atoms with E-state index in [1.807, 2.05) is 52.8 Å². The van der Waals surface area contributed by atoms with Gasteiger partial charge in [0.05, 0.1) is 24.1 Å². The van der Waals surface area contributed by atoms with Crippen LogP contribution in [-0.2, 0) is 25.4 Å². The van der Waals surface area contributed by atoms with Crippen molar-refractivity contribution < 1.29 is 23.4 Å². The van der Waals surface area contributed by atoms with E-state index < -0.39 is 11.4 Å². The van der Waals surface area contributed by atoms with Crippen LogP contribution in [0.5, 0.6) is 0 Å². The average molecular weight is 518 g/mol. The molecule has 3 aromatic rings. The van der Waals surface area contributed by atoms with Gasteiger partial charge in [-0.25, -0.2) is 4.39 Å². The molecular weight excluding hydrogens is 481 g/mol. The van der Waals surface area contributed by atoms with Crippen molar-refractivity contribution in [3.8, 4) is 11.1 Å². The number of ether oxygens (including phenoxy) is 3. The van der Waals surface area contributed by atoms with Gasteiger partial charge in [-0.15, -0.1) is 0 Å². The van der Waals surface area contributed by atoms with Crippen molar-refractivity contribution >= 4 is 16.9 Å². The lowest BCUT2D eigenvalue weighted by Gasteiger charge is -2.45. The molecule has 0 N–H and O–H groups in total. The number of hydrogen-bond donors (Lipinski definition) is 0. The molecule has 3 atom stereocenters. The molecule has 0 radical (unpaired) electrons. The molecule has 1 saturated heterocycles. The Labute approximate surface area is 223 Å². The molecule has 1 aliphatic heterocycles. The van der Waals surface area contributed by atoms with Crippen LogP contribution in [0.25, 0.3) is 22.0 Å². The van der Waals surface area contributed by atoms with Crippen molar-refractivity contribution in [2.24, 2.45) is 0 Å². The molecule has 38 heavy (non-hydrogen) atoms. The molecule has 2 aliphatic carbocycles. The third kappa shape index (κ3) is 4.96. The van der Waals surface area contributed by atoms with Crippen molar-refractivity contribution in [1.82, 2.24) is 4.98 Å². The Morgan fingerprint density at radius 2 is 1.89 bits per heavy atom. The standard InChI is InChI=1S/C32H36FNO4/c1-31(2,3)38-28(35)16-20-15-27(37-32(4,5)36-20)24-17-25-29(21-13-12-19(33)14-23(21)24)22-8-6-7-9-26(22)34-30(25)18-10-11-18/h6-9,12-14,18,20,24,27H,10-11,15-17H2,1-5H3/t20-,24+,27+/m1/s1. The Morgan fingerprint density at radius 1 is 1.13 bits per heavy atom. The quantitative estimate of drug-likeness (QED) is 0.343. The van der Waals surface area contributed by atoms with Gasteiger partial charge < -0.3 is 14.2 Å². The summed E-state index contributed by atoms with van der Waals surface area (Å²) in [4.78, 5) is 17.8. The first kappa shape index (κ1) is 25.4. The number of para-hydroxylation sites is 1. The zero-order valence-electron chi connectivity index (χ0n) is 22.8. The van der Waals surface area contributed by atoms with E-state index in [1.54, 1.807) is 12.1 Å². The van der Waals surface area contributed by atoms with E-state index in [-0.39, 0.29) is 36.3 Å². The van der Waals surface area contributed by atoms with Crippen molar-refractivity contribution in [3.05, 3.63) is 65.1 Å². The zero-order chi connectivity index (χ0) is 26.8. The van der Waals surface area contributed by atoms with Crippen LogP contribution in [-0.4, -0.2) is 34.5 Å². The van der Waals surface area contributed by atoms with Gasteiger partial charge in [-0.3, -0.25) is 9.78 Å². The number of esters is 1. The molecule has 6 rings (SSSR count). The summed E-state index contributed by atoms with van der Waals surface area (Å²) in [6.07, 6.45) is 3.09. The Kier molecular flexibility index (Phi) is 6.11. The fraction of sp³-hybridized carbons (Fsp3) is 0.500. The maximum atomic E-state index is 14.8. The van der Waals surface area contributed by atoms with Gasteiger partial charge in [-0.05, 0) is 94.3 Å². The molecule has 1 aromatic heterocycles. The predicted octanol–water partition coefficient (Wildman–Crippen LogP) is 7.20. The lowest BCUT2D eigenvalue weighted by molar-refractivity contribution is -0.303. The monoisotopic (exact) mass is 517 g/mol. The Balaban J connectivity index is 1.41. The first-order chi connectivity index (χ1) is 18.0. The van der Waals surface area contributed by atoms with Crippen LogP contribution in [0.1, 0.15) is 89.0 Å². The molecule has 0 spiro atoms. The minimum atomic E-state index is -0.885. The molecule has 1 saturated carbocycles. The fourth-order valence-electron chi connectivity index (χ4n) is 6.30. The zero-order valence-corrected chi connectivity index (χ0v) is 22.8. The van der Waals surface area contributed by atoms with Gasteiger partial charge in [-0.1, -0.05) is 24.3 Å². The van der Waals surface area contributed by atoms with Crippen LogP contribution in [0.4, 0.5) is 4.39 Å². The van der Waals surface area contributed by atoms with E-state index in [0.717, 1.165) is 41.3 Å². The summed E-state index contributed by atoms with van der Waals surface area (Å²) in [5, 5.41) is 1.11. The highest BCUT2D eigenvalue weighted by Gasteiger charge is 2.44. The summed E-state index contributed by atoms with van der Waals surface area (Å²) in [5.41, 5.74) is 6.05. The molecule has 2 aromatic carbocycles. The molecule has 3 aliphatic rings. The van der Waals surface area contributed by atoms with Crippen LogP contribution in [0.3, 0.4) is 0 Å². The third-order valence-electron chi connectivity index (χ3n) is 7.74. The fourth-order valence-corrected chi connectivity index (χ4v) is 6.30. The van der Waals surface area contributed by atoms with Crippen molar-refractivity contribution in [3.63, 3.8) is 0 Å². The number of rotatable bonds is 4. The maximum absolute atomic E-state index is 14.8. The van der Waals surface area contributed by atoms with Crippen LogP contribution in [0.2, 0.25) is 0 Å². The number of nitrogens with zero attached hydrogens (tertiary/aromatic N) is 1. The molecule has 200 valence electrons. The van der Waals surface area contributed by atoms with E-state index in [4.69, 9.17) is 19.2 Å². The second-order valence-corrected chi connectivity index (χ2v) is 12.5. The largest absolute Gasteiger partial charge is 0.460 e. The molecule has 0 bridgehead atoms. The number of carbonyl (C=O) groups is 1. The average Bonchev–Trinajstić information content (AvgIpc) is 3.65. The SMILES string of the molecule is CC(C)(C)OC(=O)C[C@H]1C[C@@H]([C@H]2Cc3c(C4CC4)nc4ccccc4c3-c3ccc(F)cc32)OC(C)(C)O1. The van der Waals surface area contributed by atoms with Crippen LogP contribution < -0.4 is 0 Å². The van der Waals surface area contributed by atoms with Gasteiger partial charge in [0.1, 0.15) is 11.4 Å². The molecule has 2 fully saturated rings. The number of pyridine rings is 1.